The lowest BCUT2D eigenvalue weighted by molar-refractivity contribution is 0.483. The van der Waals surface area contributed by atoms with Crippen molar-refractivity contribution in [3.8, 4) is 6.07 Å². The van der Waals surface area contributed by atoms with Crippen LogP contribution in [0.5, 0.6) is 0 Å². The molecule has 1 N–H and O–H groups in total. The number of nitriles is 1. The van der Waals surface area contributed by atoms with Crippen molar-refractivity contribution in [1.29, 1.82) is 5.26 Å². The molecule has 1 aromatic rings. The van der Waals surface area contributed by atoms with Gasteiger partial charge < -0.3 is 5.32 Å². The number of pyridine rings is 1. The smallest absolute Gasteiger partial charge is 0.144 e. The molecule has 1 rings (SSSR count). The van der Waals surface area contributed by atoms with Gasteiger partial charge in [-0.15, -0.1) is 0 Å². The largest absolute Gasteiger partial charge is 0.367 e. The minimum absolute atomic E-state index is 0.344. The van der Waals surface area contributed by atoms with Crippen molar-refractivity contribution in [1.82, 2.24) is 4.98 Å². The Morgan fingerprint density at radius 2 is 2.25 bits per heavy atom. The maximum absolute atomic E-state index is 8.93. The lowest BCUT2D eigenvalue weighted by Gasteiger charge is -2.18. The number of rotatable bonds is 5. The van der Waals surface area contributed by atoms with Gasteiger partial charge in [0.2, 0.25) is 0 Å². The quantitative estimate of drug-likeness (QED) is 0.824. The van der Waals surface area contributed by atoms with Gasteiger partial charge in [-0.3, -0.25) is 0 Å². The van der Waals surface area contributed by atoms with Gasteiger partial charge in [0.05, 0.1) is 5.56 Å². The van der Waals surface area contributed by atoms with Gasteiger partial charge >= 0.3 is 0 Å². The van der Waals surface area contributed by atoms with Crippen molar-refractivity contribution in [2.45, 2.75) is 39.7 Å². The molecule has 1 aromatic heterocycles. The lowest BCUT2D eigenvalue weighted by atomic mass is 10.0. The highest BCUT2D eigenvalue weighted by molar-refractivity contribution is 5.51. The summed E-state index contributed by atoms with van der Waals surface area (Å²) in [6.45, 7) is 6.56. The molecule has 0 bridgehead atoms. The van der Waals surface area contributed by atoms with Crippen molar-refractivity contribution >= 4 is 5.82 Å². The van der Waals surface area contributed by atoms with Crippen LogP contribution in [0.15, 0.2) is 18.3 Å². The van der Waals surface area contributed by atoms with Crippen LogP contribution in [0.1, 0.15) is 39.2 Å². The Bertz CT molecular complexity index is 368. The normalized spacial score (nSPS) is 13.9. The fraction of sp³-hybridized carbons (Fsp3) is 0.538. The van der Waals surface area contributed by atoms with Crippen molar-refractivity contribution in [2.75, 3.05) is 5.32 Å². The molecule has 0 aromatic carbocycles. The fourth-order valence-electron chi connectivity index (χ4n) is 1.67. The van der Waals surface area contributed by atoms with Crippen molar-refractivity contribution in [3.63, 3.8) is 0 Å². The summed E-state index contributed by atoms with van der Waals surface area (Å²) in [5.41, 5.74) is 0.610. The molecule has 0 spiro atoms. The van der Waals surface area contributed by atoms with Crippen molar-refractivity contribution in [2.24, 2.45) is 5.92 Å². The number of anilines is 1. The molecule has 3 nitrogen and oxygen atoms in total. The molecule has 0 saturated heterocycles. The molecule has 2 atom stereocenters. The summed E-state index contributed by atoms with van der Waals surface area (Å²) in [6.07, 6.45) is 3.98. The first-order valence-corrected chi connectivity index (χ1v) is 5.79. The number of hydrogen-bond acceptors (Lipinski definition) is 3. The lowest BCUT2D eigenvalue weighted by Crippen LogP contribution is -2.19. The Labute approximate surface area is 97.5 Å². The van der Waals surface area contributed by atoms with Crippen LogP contribution in [0.25, 0.3) is 0 Å². The van der Waals surface area contributed by atoms with Crippen molar-refractivity contribution in [3.05, 3.63) is 23.9 Å². The summed E-state index contributed by atoms with van der Waals surface area (Å²) in [6, 6.07) is 6.05. The Morgan fingerprint density at radius 1 is 1.50 bits per heavy atom. The molecule has 86 valence electrons. The molecular weight excluding hydrogens is 198 g/mol. The zero-order chi connectivity index (χ0) is 12.0. The average molecular weight is 217 g/mol. The second-order valence-corrected chi connectivity index (χ2v) is 4.31. The van der Waals surface area contributed by atoms with E-state index in [2.05, 4.69) is 37.1 Å². The van der Waals surface area contributed by atoms with E-state index in [9.17, 15) is 0 Å². The van der Waals surface area contributed by atoms with Gasteiger partial charge in [-0.05, 0) is 31.4 Å². The van der Waals surface area contributed by atoms with E-state index < -0.39 is 0 Å². The third-order valence-corrected chi connectivity index (χ3v) is 2.76. The van der Waals surface area contributed by atoms with Crippen molar-refractivity contribution < 1.29 is 0 Å². The van der Waals surface area contributed by atoms with E-state index in [-0.39, 0.29) is 0 Å². The minimum Gasteiger partial charge on any atom is -0.367 e. The number of nitrogens with zero attached hydrogens (tertiary/aromatic N) is 2. The molecule has 1 heterocycles. The van der Waals surface area contributed by atoms with Crippen LogP contribution in [0.4, 0.5) is 5.82 Å². The highest BCUT2D eigenvalue weighted by Crippen LogP contribution is 2.15. The first kappa shape index (κ1) is 12.5. The summed E-state index contributed by atoms with van der Waals surface area (Å²) in [5.74, 6) is 1.39. The Balaban J connectivity index is 2.63. The highest BCUT2D eigenvalue weighted by Gasteiger charge is 2.09. The summed E-state index contributed by atoms with van der Waals surface area (Å²) >= 11 is 0. The van der Waals surface area contributed by atoms with Gasteiger partial charge in [0.25, 0.3) is 0 Å². The molecule has 0 amide bonds. The standard InChI is InChI=1S/C13H19N3/c1-4-10(2)8-11(3)16-13-12(9-14)6-5-7-15-13/h5-7,10-11H,4,8H2,1-3H3,(H,15,16). The van der Waals surface area contributed by atoms with E-state index in [1.165, 1.54) is 6.42 Å². The molecule has 0 radical (unpaired) electrons. The molecule has 16 heavy (non-hydrogen) atoms. The van der Waals surface area contributed by atoms with Crippen LogP contribution >= 0.6 is 0 Å². The second-order valence-electron chi connectivity index (χ2n) is 4.31. The summed E-state index contributed by atoms with van der Waals surface area (Å²) in [5, 5.41) is 12.2. The van der Waals surface area contributed by atoms with E-state index in [0.29, 0.717) is 23.3 Å². The average Bonchev–Trinajstić information content (AvgIpc) is 2.29. The predicted molar refractivity (Wildman–Crippen MR) is 66.1 cm³/mol. The van der Waals surface area contributed by atoms with Gasteiger partial charge in [0.1, 0.15) is 11.9 Å². The SMILES string of the molecule is CCC(C)CC(C)Nc1ncccc1C#N. The molecular formula is C13H19N3. The van der Waals surface area contributed by atoms with E-state index in [4.69, 9.17) is 5.26 Å². The monoisotopic (exact) mass is 217 g/mol. The summed E-state index contributed by atoms with van der Waals surface area (Å²) in [7, 11) is 0. The van der Waals surface area contributed by atoms with Gasteiger partial charge in [-0.2, -0.15) is 5.26 Å². The van der Waals surface area contributed by atoms with E-state index >= 15 is 0 Å². The van der Waals surface area contributed by atoms with Gasteiger partial charge in [-0.1, -0.05) is 20.3 Å². The Kier molecular flexibility index (Phi) is 4.78. The molecule has 2 unspecified atom stereocenters. The summed E-state index contributed by atoms with van der Waals surface area (Å²) < 4.78 is 0. The highest BCUT2D eigenvalue weighted by atomic mass is 15.0. The van der Waals surface area contributed by atoms with Crippen LogP contribution in [0, 0.1) is 17.2 Å². The zero-order valence-corrected chi connectivity index (χ0v) is 10.2. The molecule has 0 fully saturated rings. The van der Waals surface area contributed by atoms with Crippen LogP contribution in [-0.4, -0.2) is 11.0 Å². The fourth-order valence-corrected chi connectivity index (χ4v) is 1.67. The molecule has 0 aliphatic heterocycles. The Morgan fingerprint density at radius 3 is 2.88 bits per heavy atom. The molecule has 0 aliphatic rings. The maximum Gasteiger partial charge on any atom is 0.144 e. The number of aromatic nitrogens is 1. The van der Waals surface area contributed by atoms with E-state index in [0.717, 1.165) is 6.42 Å². The van der Waals surface area contributed by atoms with Gasteiger partial charge in [0, 0.05) is 12.2 Å². The topological polar surface area (TPSA) is 48.7 Å². The van der Waals surface area contributed by atoms with E-state index in [1.807, 2.05) is 0 Å². The van der Waals surface area contributed by atoms with Crippen LogP contribution < -0.4 is 5.32 Å². The number of hydrogen-bond donors (Lipinski definition) is 1. The molecule has 0 saturated carbocycles. The Hall–Kier alpha value is -1.56. The summed E-state index contributed by atoms with van der Waals surface area (Å²) in [4.78, 5) is 4.19. The van der Waals surface area contributed by atoms with E-state index in [1.54, 1.807) is 18.3 Å². The third-order valence-electron chi connectivity index (χ3n) is 2.76. The van der Waals surface area contributed by atoms with Crippen LogP contribution in [0.3, 0.4) is 0 Å². The van der Waals surface area contributed by atoms with Crippen LogP contribution in [-0.2, 0) is 0 Å². The van der Waals surface area contributed by atoms with Gasteiger partial charge in [-0.25, -0.2) is 4.98 Å². The van der Waals surface area contributed by atoms with Gasteiger partial charge in [0.15, 0.2) is 0 Å². The molecule has 0 aliphatic carbocycles. The van der Waals surface area contributed by atoms with Crippen LogP contribution in [0.2, 0.25) is 0 Å². The minimum atomic E-state index is 0.344. The zero-order valence-electron chi connectivity index (χ0n) is 10.2. The predicted octanol–water partition coefficient (Wildman–Crippen LogP) is 3.19. The third kappa shape index (κ3) is 3.54. The first-order chi connectivity index (χ1) is 7.67. The maximum atomic E-state index is 8.93. The molecule has 3 heteroatoms. The second kappa shape index (κ2) is 6.12. The first-order valence-electron chi connectivity index (χ1n) is 5.79. The number of nitrogens with one attached hydrogen (secondary N) is 1.